The number of hydrogen-bond acceptors (Lipinski definition) is 3. The summed E-state index contributed by atoms with van der Waals surface area (Å²) in [7, 11) is 1.73. The molecule has 1 saturated carbocycles. The maximum atomic E-state index is 12.6. The predicted molar refractivity (Wildman–Crippen MR) is 103 cm³/mol. The highest BCUT2D eigenvalue weighted by molar-refractivity contribution is 5.89. The first-order chi connectivity index (χ1) is 12.5. The molecule has 0 unspecified atom stereocenters. The number of aryl methyl sites for hydroxylation is 1. The minimum absolute atomic E-state index is 0.224. The molecular formula is C20H28N4O2. The molecule has 1 fully saturated rings. The number of hydrogen-bond donors (Lipinski definition) is 2. The van der Waals surface area contributed by atoms with E-state index >= 15 is 0 Å². The average Bonchev–Trinajstić information content (AvgIpc) is 2.85. The summed E-state index contributed by atoms with van der Waals surface area (Å²) in [5, 5.41) is 18.2. The minimum atomic E-state index is -0.772. The first-order valence-corrected chi connectivity index (χ1v) is 9.33. The van der Waals surface area contributed by atoms with Gasteiger partial charge in [-0.15, -0.1) is 0 Å². The Balaban J connectivity index is 1.65. The summed E-state index contributed by atoms with van der Waals surface area (Å²) in [5.41, 5.74) is 1.60. The molecule has 140 valence electrons. The van der Waals surface area contributed by atoms with Gasteiger partial charge < -0.3 is 15.3 Å². The van der Waals surface area contributed by atoms with Gasteiger partial charge in [-0.25, -0.2) is 9.48 Å². The maximum absolute atomic E-state index is 12.6. The van der Waals surface area contributed by atoms with Crippen LogP contribution in [-0.4, -0.2) is 45.0 Å². The van der Waals surface area contributed by atoms with Crippen molar-refractivity contribution in [3.8, 4) is 5.69 Å². The molecule has 1 aromatic carbocycles. The van der Waals surface area contributed by atoms with Crippen molar-refractivity contribution in [2.75, 3.05) is 18.9 Å². The fourth-order valence-corrected chi connectivity index (χ4v) is 3.56. The zero-order valence-electron chi connectivity index (χ0n) is 15.6. The maximum Gasteiger partial charge on any atom is 0.321 e. The number of nitrogens with zero attached hydrogens (tertiary/aromatic N) is 3. The van der Waals surface area contributed by atoms with Gasteiger partial charge in [-0.2, -0.15) is 5.10 Å². The normalized spacial score (nSPS) is 16.7. The van der Waals surface area contributed by atoms with Crippen LogP contribution in [0.4, 0.5) is 10.5 Å². The largest absolute Gasteiger partial charge is 0.388 e. The number of aliphatic hydroxyl groups is 1. The van der Waals surface area contributed by atoms with E-state index in [0.29, 0.717) is 12.2 Å². The number of rotatable bonds is 4. The SMILES string of the molecule is Cc1nn(-c2ccccc2)cc1NC(=O)N(C)CC1(O)CCCCCC1. The molecule has 3 rings (SSSR count). The van der Waals surface area contributed by atoms with Gasteiger partial charge in [-0.1, -0.05) is 43.9 Å². The Kier molecular flexibility index (Phi) is 5.61. The Morgan fingerprint density at radius 1 is 1.23 bits per heavy atom. The standard InChI is InChI=1S/C20H28N4O2/c1-16-18(14-24(22-16)17-10-6-5-7-11-17)21-19(25)23(2)15-20(26)12-8-3-4-9-13-20/h5-7,10-11,14,26H,3-4,8-9,12-13,15H2,1-2H3,(H,21,25). The van der Waals surface area contributed by atoms with E-state index in [4.69, 9.17) is 0 Å². The molecule has 6 heteroatoms. The molecule has 0 radical (unpaired) electrons. The van der Waals surface area contributed by atoms with E-state index in [1.165, 1.54) is 0 Å². The smallest absolute Gasteiger partial charge is 0.321 e. The first-order valence-electron chi connectivity index (χ1n) is 9.33. The van der Waals surface area contributed by atoms with E-state index in [1.807, 2.05) is 43.5 Å². The molecule has 1 heterocycles. The van der Waals surface area contributed by atoms with Crippen LogP contribution in [0.15, 0.2) is 36.5 Å². The first kappa shape index (κ1) is 18.5. The molecule has 1 aliphatic rings. The summed E-state index contributed by atoms with van der Waals surface area (Å²) in [6.45, 7) is 2.22. The van der Waals surface area contributed by atoms with Crippen LogP contribution in [-0.2, 0) is 0 Å². The van der Waals surface area contributed by atoms with Crippen molar-refractivity contribution < 1.29 is 9.90 Å². The Morgan fingerprint density at radius 2 is 1.88 bits per heavy atom. The molecule has 26 heavy (non-hydrogen) atoms. The molecule has 0 aliphatic heterocycles. The van der Waals surface area contributed by atoms with Crippen LogP contribution in [0.1, 0.15) is 44.2 Å². The van der Waals surface area contributed by atoms with Gasteiger partial charge in [0.15, 0.2) is 0 Å². The van der Waals surface area contributed by atoms with Gasteiger partial charge in [0.25, 0.3) is 0 Å². The van der Waals surface area contributed by atoms with Gasteiger partial charge in [-0.3, -0.25) is 0 Å². The highest BCUT2D eigenvalue weighted by atomic mass is 16.3. The van der Waals surface area contributed by atoms with Crippen molar-refractivity contribution in [2.45, 2.75) is 51.0 Å². The van der Waals surface area contributed by atoms with Crippen molar-refractivity contribution in [1.29, 1.82) is 0 Å². The lowest BCUT2D eigenvalue weighted by Gasteiger charge is -2.31. The molecule has 2 amide bonds. The van der Waals surface area contributed by atoms with Crippen LogP contribution in [0.3, 0.4) is 0 Å². The fraction of sp³-hybridized carbons (Fsp3) is 0.500. The number of likely N-dealkylation sites (N-methyl/N-ethyl adjacent to an activating group) is 1. The van der Waals surface area contributed by atoms with Gasteiger partial charge in [0.2, 0.25) is 0 Å². The molecule has 1 aliphatic carbocycles. The van der Waals surface area contributed by atoms with E-state index in [0.717, 1.165) is 49.9 Å². The topological polar surface area (TPSA) is 70.4 Å². The molecule has 2 N–H and O–H groups in total. The zero-order valence-corrected chi connectivity index (χ0v) is 15.6. The third kappa shape index (κ3) is 4.43. The lowest BCUT2D eigenvalue weighted by atomic mass is 9.94. The van der Waals surface area contributed by atoms with Crippen LogP contribution < -0.4 is 5.32 Å². The lowest BCUT2D eigenvalue weighted by Crippen LogP contribution is -2.45. The van der Waals surface area contributed by atoms with Gasteiger partial charge in [0.05, 0.1) is 35.4 Å². The van der Waals surface area contributed by atoms with Gasteiger partial charge >= 0.3 is 6.03 Å². The zero-order chi connectivity index (χ0) is 18.6. The van der Waals surface area contributed by atoms with Crippen molar-refractivity contribution in [3.05, 3.63) is 42.2 Å². The van der Waals surface area contributed by atoms with Crippen molar-refractivity contribution in [3.63, 3.8) is 0 Å². The Labute approximate surface area is 154 Å². The summed E-state index contributed by atoms with van der Waals surface area (Å²) >= 11 is 0. The number of anilines is 1. The summed E-state index contributed by atoms with van der Waals surface area (Å²) in [6, 6.07) is 9.56. The minimum Gasteiger partial charge on any atom is -0.388 e. The van der Waals surface area contributed by atoms with E-state index in [1.54, 1.807) is 16.6 Å². The molecule has 0 atom stereocenters. The highest BCUT2D eigenvalue weighted by Gasteiger charge is 2.31. The molecular weight excluding hydrogens is 328 g/mol. The molecule has 1 aromatic heterocycles. The second-order valence-electron chi connectivity index (χ2n) is 7.33. The number of carbonyl (C=O) groups is 1. The number of para-hydroxylation sites is 1. The summed E-state index contributed by atoms with van der Waals surface area (Å²) < 4.78 is 1.75. The fourth-order valence-electron chi connectivity index (χ4n) is 3.56. The van der Waals surface area contributed by atoms with Crippen LogP contribution in [0.25, 0.3) is 5.69 Å². The van der Waals surface area contributed by atoms with Gasteiger partial charge in [0.1, 0.15) is 0 Å². The monoisotopic (exact) mass is 356 g/mol. The molecule has 6 nitrogen and oxygen atoms in total. The third-order valence-corrected chi connectivity index (χ3v) is 5.07. The average molecular weight is 356 g/mol. The van der Waals surface area contributed by atoms with Gasteiger partial charge in [-0.05, 0) is 31.9 Å². The lowest BCUT2D eigenvalue weighted by molar-refractivity contribution is 0.00582. The number of benzene rings is 1. The number of amides is 2. The second-order valence-corrected chi connectivity index (χ2v) is 7.33. The Morgan fingerprint density at radius 3 is 2.54 bits per heavy atom. The summed E-state index contributed by atoms with van der Waals surface area (Å²) in [6.07, 6.45) is 7.71. The predicted octanol–water partition coefficient (Wildman–Crippen LogP) is 3.73. The van der Waals surface area contributed by atoms with Crippen LogP contribution in [0.5, 0.6) is 0 Å². The third-order valence-electron chi connectivity index (χ3n) is 5.07. The molecule has 0 spiro atoms. The summed E-state index contributed by atoms with van der Waals surface area (Å²) in [4.78, 5) is 14.2. The molecule has 0 saturated heterocycles. The van der Waals surface area contributed by atoms with Gasteiger partial charge in [0, 0.05) is 7.05 Å². The van der Waals surface area contributed by atoms with Crippen LogP contribution in [0.2, 0.25) is 0 Å². The number of nitrogens with one attached hydrogen (secondary N) is 1. The van der Waals surface area contributed by atoms with E-state index in [-0.39, 0.29) is 6.03 Å². The number of urea groups is 1. The van der Waals surface area contributed by atoms with Crippen LogP contribution >= 0.6 is 0 Å². The van der Waals surface area contributed by atoms with Crippen LogP contribution in [0, 0.1) is 6.92 Å². The van der Waals surface area contributed by atoms with Crippen molar-refractivity contribution in [2.24, 2.45) is 0 Å². The molecule has 0 bridgehead atoms. The Bertz CT molecular complexity index is 734. The number of carbonyl (C=O) groups excluding carboxylic acids is 1. The van der Waals surface area contributed by atoms with E-state index in [2.05, 4.69) is 10.4 Å². The molecule has 2 aromatic rings. The summed E-state index contributed by atoms with van der Waals surface area (Å²) in [5.74, 6) is 0. The van der Waals surface area contributed by atoms with Crippen molar-refractivity contribution >= 4 is 11.7 Å². The highest BCUT2D eigenvalue weighted by Crippen LogP contribution is 2.28. The number of aromatic nitrogens is 2. The van der Waals surface area contributed by atoms with Crippen molar-refractivity contribution in [1.82, 2.24) is 14.7 Å². The van der Waals surface area contributed by atoms with E-state index < -0.39 is 5.60 Å². The quantitative estimate of drug-likeness (QED) is 0.820. The second kappa shape index (κ2) is 7.91. The Hall–Kier alpha value is -2.34. The van der Waals surface area contributed by atoms with E-state index in [9.17, 15) is 9.90 Å².